The maximum atomic E-state index is 17.3. The zero-order valence-corrected chi connectivity index (χ0v) is 20.1. The van der Waals surface area contributed by atoms with E-state index in [9.17, 15) is 24.6 Å². The molecule has 0 heterocycles. The van der Waals surface area contributed by atoms with Crippen LogP contribution in [0.25, 0.3) is 0 Å². The van der Waals surface area contributed by atoms with Gasteiger partial charge in [-0.05, 0) is 74.9 Å². The highest BCUT2D eigenvalue weighted by atomic mass is 19.1. The van der Waals surface area contributed by atoms with E-state index in [-0.39, 0.29) is 36.4 Å². The van der Waals surface area contributed by atoms with E-state index in [1.165, 1.54) is 12.2 Å². The number of nitrogens with one attached hydrogen (secondary N) is 1. The third-order valence-electron chi connectivity index (χ3n) is 10.2. The molecular weight excluding hydrogens is 441 g/mol. The second-order valence-electron chi connectivity index (χ2n) is 11.3. The Morgan fingerprint density at radius 1 is 1.26 bits per heavy atom. The van der Waals surface area contributed by atoms with Gasteiger partial charge >= 0.3 is 6.09 Å². The van der Waals surface area contributed by atoms with E-state index in [1.54, 1.807) is 13.0 Å². The van der Waals surface area contributed by atoms with Gasteiger partial charge in [-0.25, -0.2) is 9.18 Å². The highest BCUT2D eigenvalue weighted by Gasteiger charge is 2.75. The molecule has 4 aliphatic rings. The van der Waals surface area contributed by atoms with Gasteiger partial charge < -0.3 is 20.6 Å². The summed E-state index contributed by atoms with van der Waals surface area (Å²) in [5, 5.41) is 32.7. The highest BCUT2D eigenvalue weighted by Crippen LogP contribution is 2.73. The van der Waals surface area contributed by atoms with Gasteiger partial charge in [0.25, 0.3) is 0 Å². The zero-order valence-electron chi connectivity index (χ0n) is 20.1. The fraction of sp³-hybridized carbons (Fsp3) is 0.731. The van der Waals surface area contributed by atoms with Gasteiger partial charge in [0.05, 0.1) is 6.10 Å². The van der Waals surface area contributed by atoms with Crippen LogP contribution in [0.15, 0.2) is 23.8 Å². The molecule has 0 spiro atoms. The number of fused-ring (bicyclic) bond motifs is 5. The standard InChI is InChI=1S/C26H36FNO6/c1-15-11-19-18-6-5-16-12-17(30)7-9-23(16,2)26(18,27)20(31)13-24(19,3)25(15,21(32)14-29)8-4-10-28-22(33)34/h7,9,12,15,18-20,28-29,31H,4-6,8,10-11,13-14H2,1-3H3,(H,33,34)/t15-,18?,19?,20-,23-,24-,25-,26?/m0/s1. The Bertz CT molecular complexity index is 963. The number of carbonyl (C=O) groups is 3. The summed E-state index contributed by atoms with van der Waals surface area (Å²) in [5.41, 5.74) is -4.08. The summed E-state index contributed by atoms with van der Waals surface area (Å²) in [7, 11) is 0. The molecule has 4 rings (SSSR count). The van der Waals surface area contributed by atoms with Crippen LogP contribution in [0.4, 0.5) is 9.18 Å². The fourth-order valence-corrected chi connectivity index (χ4v) is 8.62. The monoisotopic (exact) mass is 477 g/mol. The third-order valence-corrected chi connectivity index (χ3v) is 10.2. The average molecular weight is 478 g/mol. The van der Waals surface area contributed by atoms with Crippen LogP contribution < -0.4 is 5.32 Å². The number of hydrogen-bond donors (Lipinski definition) is 4. The van der Waals surface area contributed by atoms with Crippen LogP contribution in [0.5, 0.6) is 0 Å². The van der Waals surface area contributed by atoms with Gasteiger partial charge in [0.1, 0.15) is 6.61 Å². The Balaban J connectivity index is 1.75. The summed E-state index contributed by atoms with van der Waals surface area (Å²) in [6.45, 7) is 5.21. The molecule has 188 valence electrons. The molecule has 0 aromatic heterocycles. The maximum Gasteiger partial charge on any atom is 0.404 e. The Labute approximate surface area is 199 Å². The van der Waals surface area contributed by atoms with Crippen molar-refractivity contribution in [1.82, 2.24) is 5.32 Å². The predicted octanol–water partition coefficient (Wildman–Crippen LogP) is 3.20. The lowest BCUT2D eigenvalue weighted by Crippen LogP contribution is -2.68. The molecule has 7 nitrogen and oxygen atoms in total. The molecular formula is C26H36FNO6. The SMILES string of the molecule is C[C@H]1CC2C3CCC4=CC(=O)C=C[C@]4(C)C3(F)[C@@H](O)C[C@]2(C)[C@]1(CCCNC(=O)O)C(=O)CO. The number of ketones is 2. The van der Waals surface area contributed by atoms with E-state index in [0.29, 0.717) is 37.7 Å². The number of alkyl halides is 1. The Kier molecular flexibility index (Phi) is 6.09. The van der Waals surface area contributed by atoms with Gasteiger partial charge in [0, 0.05) is 23.3 Å². The van der Waals surface area contributed by atoms with Crippen molar-refractivity contribution in [3.05, 3.63) is 23.8 Å². The van der Waals surface area contributed by atoms with Crippen molar-refractivity contribution in [2.75, 3.05) is 13.2 Å². The summed E-state index contributed by atoms with van der Waals surface area (Å²) in [5.74, 6) is -1.33. The van der Waals surface area contributed by atoms with Gasteiger partial charge in [0.2, 0.25) is 0 Å². The summed E-state index contributed by atoms with van der Waals surface area (Å²) in [4.78, 5) is 36.3. The van der Waals surface area contributed by atoms with Crippen molar-refractivity contribution in [2.24, 2.45) is 34.0 Å². The number of aliphatic hydroxyl groups excluding tert-OH is 2. The van der Waals surface area contributed by atoms with E-state index < -0.39 is 46.6 Å². The summed E-state index contributed by atoms with van der Waals surface area (Å²) in [6, 6.07) is 0. The molecule has 34 heavy (non-hydrogen) atoms. The molecule has 4 aliphatic carbocycles. The molecule has 3 fully saturated rings. The number of amides is 1. The van der Waals surface area contributed by atoms with E-state index in [4.69, 9.17) is 5.11 Å². The van der Waals surface area contributed by atoms with Crippen LogP contribution >= 0.6 is 0 Å². The van der Waals surface area contributed by atoms with E-state index >= 15 is 4.39 Å². The van der Waals surface area contributed by atoms with Crippen molar-refractivity contribution in [3.63, 3.8) is 0 Å². The third kappa shape index (κ3) is 3.10. The molecule has 1 amide bonds. The second kappa shape index (κ2) is 8.26. The number of hydrogen-bond acceptors (Lipinski definition) is 5. The first-order valence-electron chi connectivity index (χ1n) is 12.3. The number of carbonyl (C=O) groups excluding carboxylic acids is 2. The van der Waals surface area contributed by atoms with Crippen molar-refractivity contribution in [3.8, 4) is 0 Å². The first-order valence-corrected chi connectivity index (χ1v) is 12.3. The molecule has 3 unspecified atom stereocenters. The Morgan fingerprint density at radius 3 is 2.62 bits per heavy atom. The number of allylic oxidation sites excluding steroid dienone is 4. The van der Waals surface area contributed by atoms with Gasteiger partial charge in [0.15, 0.2) is 17.2 Å². The van der Waals surface area contributed by atoms with Gasteiger partial charge in [-0.15, -0.1) is 0 Å². The quantitative estimate of drug-likeness (QED) is 0.436. The normalized spacial score (nSPS) is 45.1. The topological polar surface area (TPSA) is 124 Å². The molecule has 4 N–H and O–H groups in total. The Hall–Kier alpha value is -2.06. The molecule has 0 aromatic rings. The van der Waals surface area contributed by atoms with Crippen LogP contribution in [0.3, 0.4) is 0 Å². The van der Waals surface area contributed by atoms with Crippen LogP contribution in [-0.2, 0) is 9.59 Å². The lowest BCUT2D eigenvalue weighted by Gasteiger charge is -2.63. The van der Waals surface area contributed by atoms with Crippen LogP contribution in [0.2, 0.25) is 0 Å². The maximum absolute atomic E-state index is 17.3. The van der Waals surface area contributed by atoms with Crippen molar-refractivity contribution in [2.45, 2.75) is 71.1 Å². The van der Waals surface area contributed by atoms with E-state index in [1.807, 2.05) is 13.8 Å². The molecule has 0 aliphatic heterocycles. The zero-order chi connectivity index (χ0) is 25.1. The fourth-order valence-electron chi connectivity index (χ4n) is 8.62. The highest BCUT2D eigenvalue weighted by molar-refractivity contribution is 6.01. The lowest BCUT2D eigenvalue weighted by atomic mass is 9.42. The summed E-state index contributed by atoms with van der Waals surface area (Å²) >= 11 is 0. The number of rotatable bonds is 6. The lowest BCUT2D eigenvalue weighted by molar-refractivity contribution is -0.207. The average Bonchev–Trinajstić information content (AvgIpc) is 2.99. The van der Waals surface area contributed by atoms with Crippen molar-refractivity contribution >= 4 is 17.7 Å². The number of Topliss-reactive ketones (excluding diaryl/α,β-unsaturated/α-hetero) is 1. The molecule has 8 heteroatoms. The van der Waals surface area contributed by atoms with E-state index in [0.717, 1.165) is 0 Å². The summed E-state index contributed by atoms with van der Waals surface area (Å²) < 4.78 is 17.3. The van der Waals surface area contributed by atoms with Crippen LogP contribution in [0, 0.1) is 34.0 Å². The first kappa shape index (κ1) is 25.0. The molecule has 0 saturated heterocycles. The molecule has 8 atom stereocenters. The van der Waals surface area contributed by atoms with Gasteiger partial charge in [-0.3, -0.25) is 9.59 Å². The minimum atomic E-state index is -1.97. The van der Waals surface area contributed by atoms with Crippen LogP contribution in [0.1, 0.15) is 59.3 Å². The molecule has 3 saturated carbocycles. The number of aliphatic hydroxyl groups is 2. The van der Waals surface area contributed by atoms with Crippen LogP contribution in [-0.4, -0.2) is 57.9 Å². The minimum absolute atomic E-state index is 0.0672. The molecule has 0 bridgehead atoms. The largest absolute Gasteiger partial charge is 0.465 e. The first-order chi connectivity index (χ1) is 15.9. The molecule has 0 radical (unpaired) electrons. The van der Waals surface area contributed by atoms with Gasteiger partial charge in [-0.2, -0.15) is 0 Å². The van der Waals surface area contributed by atoms with Crippen molar-refractivity contribution in [1.29, 1.82) is 0 Å². The van der Waals surface area contributed by atoms with Gasteiger partial charge in [-0.1, -0.05) is 25.5 Å². The van der Waals surface area contributed by atoms with Crippen molar-refractivity contribution < 1.29 is 34.1 Å². The smallest absolute Gasteiger partial charge is 0.404 e. The number of halogens is 1. The molecule has 0 aromatic carbocycles. The Morgan fingerprint density at radius 2 is 1.97 bits per heavy atom. The van der Waals surface area contributed by atoms with E-state index in [2.05, 4.69) is 5.32 Å². The predicted molar refractivity (Wildman–Crippen MR) is 123 cm³/mol. The second-order valence-corrected chi connectivity index (χ2v) is 11.3. The minimum Gasteiger partial charge on any atom is -0.465 e. The number of carboxylic acid groups (broad SMARTS) is 1. The summed E-state index contributed by atoms with van der Waals surface area (Å²) in [6.07, 6.45) is 4.48.